The summed E-state index contributed by atoms with van der Waals surface area (Å²) in [5, 5.41) is 0. The number of rotatable bonds is 4. The Balaban J connectivity index is 1.81. The molecule has 1 aromatic rings. The summed E-state index contributed by atoms with van der Waals surface area (Å²) < 4.78 is 5.35. The second-order valence-electron chi connectivity index (χ2n) is 4.92. The molecule has 1 aromatic heterocycles. The fourth-order valence-corrected chi connectivity index (χ4v) is 2.05. The van der Waals surface area contributed by atoms with Gasteiger partial charge in [-0.15, -0.1) is 0 Å². The zero-order valence-corrected chi connectivity index (χ0v) is 11.6. The molecule has 0 atom stereocenters. The van der Waals surface area contributed by atoms with E-state index in [0.717, 1.165) is 32.0 Å². The molecule has 0 aromatic carbocycles. The lowest BCUT2D eigenvalue weighted by molar-refractivity contribution is -0.137. The molecular formula is C14H21N3O2. The minimum absolute atomic E-state index is 0.0781. The van der Waals surface area contributed by atoms with Crippen LogP contribution in [0.5, 0.6) is 0 Å². The summed E-state index contributed by atoms with van der Waals surface area (Å²) in [7, 11) is 0. The molecular weight excluding hydrogens is 242 g/mol. The average molecular weight is 263 g/mol. The SMILES string of the molecule is CC(C)OCC(=O)N1CCN(c2ccccn2)CC1. The molecule has 1 saturated heterocycles. The van der Waals surface area contributed by atoms with Gasteiger partial charge in [-0.2, -0.15) is 0 Å². The first-order valence-corrected chi connectivity index (χ1v) is 6.72. The van der Waals surface area contributed by atoms with Crippen LogP contribution in [-0.2, 0) is 9.53 Å². The lowest BCUT2D eigenvalue weighted by Crippen LogP contribution is -2.50. The number of piperazine rings is 1. The molecule has 5 heteroatoms. The number of anilines is 1. The summed E-state index contributed by atoms with van der Waals surface area (Å²) in [6.07, 6.45) is 1.89. The summed E-state index contributed by atoms with van der Waals surface area (Å²) in [5.41, 5.74) is 0. The quantitative estimate of drug-likeness (QED) is 0.817. The predicted octanol–water partition coefficient (Wildman–Crippen LogP) is 1.16. The Morgan fingerprint density at radius 3 is 2.63 bits per heavy atom. The maximum Gasteiger partial charge on any atom is 0.248 e. The van der Waals surface area contributed by atoms with E-state index in [1.165, 1.54) is 0 Å². The average Bonchev–Trinajstić information content (AvgIpc) is 2.46. The molecule has 0 bridgehead atoms. The molecule has 0 unspecified atom stereocenters. The first-order valence-electron chi connectivity index (χ1n) is 6.72. The molecule has 0 spiro atoms. The van der Waals surface area contributed by atoms with E-state index in [9.17, 15) is 4.79 Å². The topological polar surface area (TPSA) is 45.7 Å². The zero-order chi connectivity index (χ0) is 13.7. The summed E-state index contributed by atoms with van der Waals surface area (Å²) >= 11 is 0. The van der Waals surface area contributed by atoms with Crippen molar-refractivity contribution in [1.82, 2.24) is 9.88 Å². The number of pyridine rings is 1. The second kappa shape index (κ2) is 6.52. The third kappa shape index (κ3) is 3.92. The van der Waals surface area contributed by atoms with E-state index in [2.05, 4.69) is 9.88 Å². The first kappa shape index (κ1) is 13.8. The number of ether oxygens (including phenoxy) is 1. The Morgan fingerprint density at radius 1 is 1.32 bits per heavy atom. The minimum Gasteiger partial charge on any atom is -0.369 e. The van der Waals surface area contributed by atoms with Crippen molar-refractivity contribution in [2.75, 3.05) is 37.7 Å². The molecule has 19 heavy (non-hydrogen) atoms. The molecule has 5 nitrogen and oxygen atoms in total. The molecule has 2 heterocycles. The van der Waals surface area contributed by atoms with Crippen LogP contribution in [0.3, 0.4) is 0 Å². The normalized spacial score (nSPS) is 15.9. The van der Waals surface area contributed by atoms with Crippen LogP contribution in [0.2, 0.25) is 0 Å². The number of hydrogen-bond acceptors (Lipinski definition) is 4. The van der Waals surface area contributed by atoms with Crippen molar-refractivity contribution in [3.05, 3.63) is 24.4 Å². The van der Waals surface area contributed by atoms with E-state index in [4.69, 9.17) is 4.74 Å². The van der Waals surface area contributed by atoms with Gasteiger partial charge in [-0.1, -0.05) is 6.07 Å². The van der Waals surface area contributed by atoms with Crippen LogP contribution in [-0.4, -0.2) is 54.7 Å². The monoisotopic (exact) mass is 263 g/mol. The van der Waals surface area contributed by atoms with E-state index in [-0.39, 0.29) is 18.6 Å². The zero-order valence-electron chi connectivity index (χ0n) is 11.6. The second-order valence-corrected chi connectivity index (χ2v) is 4.92. The molecule has 1 amide bonds. The molecule has 104 valence electrons. The number of aromatic nitrogens is 1. The van der Waals surface area contributed by atoms with Crippen molar-refractivity contribution in [2.45, 2.75) is 20.0 Å². The molecule has 1 fully saturated rings. The van der Waals surface area contributed by atoms with E-state index >= 15 is 0 Å². The van der Waals surface area contributed by atoms with Crippen molar-refractivity contribution in [3.63, 3.8) is 0 Å². The van der Waals surface area contributed by atoms with Gasteiger partial charge in [0, 0.05) is 32.4 Å². The lowest BCUT2D eigenvalue weighted by atomic mass is 10.3. The standard InChI is InChI=1S/C14H21N3O2/c1-12(2)19-11-14(18)17-9-7-16(8-10-17)13-5-3-4-6-15-13/h3-6,12H,7-11H2,1-2H3. The summed E-state index contributed by atoms with van der Waals surface area (Å²) in [4.78, 5) is 20.3. The van der Waals surface area contributed by atoms with Crippen molar-refractivity contribution in [3.8, 4) is 0 Å². The molecule has 2 rings (SSSR count). The van der Waals surface area contributed by atoms with Crippen molar-refractivity contribution in [1.29, 1.82) is 0 Å². The van der Waals surface area contributed by atoms with Crippen LogP contribution in [0.25, 0.3) is 0 Å². The van der Waals surface area contributed by atoms with Crippen LogP contribution in [0.15, 0.2) is 24.4 Å². The van der Waals surface area contributed by atoms with Crippen LogP contribution in [0.1, 0.15) is 13.8 Å². The molecule has 1 aliphatic heterocycles. The highest BCUT2D eigenvalue weighted by molar-refractivity contribution is 5.77. The van der Waals surface area contributed by atoms with Crippen LogP contribution >= 0.6 is 0 Å². The van der Waals surface area contributed by atoms with E-state index < -0.39 is 0 Å². The highest BCUT2D eigenvalue weighted by atomic mass is 16.5. The van der Waals surface area contributed by atoms with Crippen molar-refractivity contribution < 1.29 is 9.53 Å². The van der Waals surface area contributed by atoms with Gasteiger partial charge in [0.05, 0.1) is 6.10 Å². The number of carbonyl (C=O) groups excluding carboxylic acids is 1. The van der Waals surface area contributed by atoms with Gasteiger partial charge in [-0.3, -0.25) is 4.79 Å². The maximum absolute atomic E-state index is 11.9. The van der Waals surface area contributed by atoms with Gasteiger partial charge >= 0.3 is 0 Å². The molecule has 0 N–H and O–H groups in total. The van der Waals surface area contributed by atoms with E-state index in [1.807, 2.05) is 36.9 Å². The highest BCUT2D eigenvalue weighted by Crippen LogP contribution is 2.12. The Bertz CT molecular complexity index is 400. The fourth-order valence-electron chi connectivity index (χ4n) is 2.05. The van der Waals surface area contributed by atoms with E-state index in [1.54, 1.807) is 6.20 Å². The Labute approximate surface area is 114 Å². The number of hydrogen-bond donors (Lipinski definition) is 0. The lowest BCUT2D eigenvalue weighted by Gasteiger charge is -2.35. The van der Waals surface area contributed by atoms with Crippen LogP contribution in [0.4, 0.5) is 5.82 Å². The molecule has 1 aliphatic rings. The fraction of sp³-hybridized carbons (Fsp3) is 0.571. The predicted molar refractivity (Wildman–Crippen MR) is 74.1 cm³/mol. The van der Waals surface area contributed by atoms with Crippen LogP contribution in [0, 0.1) is 0 Å². The Kier molecular flexibility index (Phi) is 4.74. The number of nitrogens with zero attached hydrogens (tertiary/aromatic N) is 3. The van der Waals surface area contributed by atoms with Gasteiger partial charge in [-0.05, 0) is 26.0 Å². The third-order valence-corrected chi connectivity index (χ3v) is 3.15. The van der Waals surface area contributed by atoms with Gasteiger partial charge in [0.15, 0.2) is 0 Å². The van der Waals surface area contributed by atoms with Crippen LogP contribution < -0.4 is 4.90 Å². The minimum atomic E-state index is 0.0781. The summed E-state index contributed by atoms with van der Waals surface area (Å²) in [6.45, 7) is 7.17. The van der Waals surface area contributed by atoms with Crippen molar-refractivity contribution >= 4 is 11.7 Å². The van der Waals surface area contributed by atoms with Gasteiger partial charge in [0.1, 0.15) is 12.4 Å². The number of amides is 1. The Morgan fingerprint density at radius 2 is 2.05 bits per heavy atom. The summed E-state index contributed by atoms with van der Waals surface area (Å²) in [5.74, 6) is 1.06. The molecule has 0 aliphatic carbocycles. The Hall–Kier alpha value is -1.62. The van der Waals surface area contributed by atoms with Gasteiger partial charge in [0.25, 0.3) is 0 Å². The first-order chi connectivity index (χ1) is 9.16. The van der Waals surface area contributed by atoms with Gasteiger partial charge in [-0.25, -0.2) is 4.98 Å². The highest BCUT2D eigenvalue weighted by Gasteiger charge is 2.21. The van der Waals surface area contributed by atoms with Crippen molar-refractivity contribution in [2.24, 2.45) is 0 Å². The maximum atomic E-state index is 11.9. The molecule has 0 saturated carbocycles. The summed E-state index contributed by atoms with van der Waals surface area (Å²) in [6, 6.07) is 5.89. The molecule has 0 radical (unpaired) electrons. The van der Waals surface area contributed by atoms with E-state index in [0.29, 0.717) is 0 Å². The third-order valence-electron chi connectivity index (χ3n) is 3.15. The van der Waals surface area contributed by atoms with Gasteiger partial charge < -0.3 is 14.5 Å². The number of carbonyl (C=O) groups is 1. The van der Waals surface area contributed by atoms with Gasteiger partial charge in [0.2, 0.25) is 5.91 Å². The smallest absolute Gasteiger partial charge is 0.248 e. The largest absolute Gasteiger partial charge is 0.369 e.